The maximum Gasteiger partial charge on any atom is 0.0703 e. The third-order valence-electron chi connectivity index (χ3n) is 2.31. The molecule has 0 aliphatic rings. The molecule has 0 heterocycles. The standard InChI is InChI=1S/C14H23NO2/c1-12(2)17-11-10-16-9-8-15-14-6-4-13(3)5-7-14/h4-7,12,15H,8-11H2,1-3H3. The molecular weight excluding hydrogens is 214 g/mol. The Morgan fingerprint density at radius 3 is 2.41 bits per heavy atom. The second-order valence-electron chi connectivity index (χ2n) is 4.32. The Balaban J connectivity index is 1.99. The fourth-order valence-electron chi connectivity index (χ4n) is 1.38. The molecule has 1 N–H and O–H groups in total. The largest absolute Gasteiger partial charge is 0.383 e. The summed E-state index contributed by atoms with van der Waals surface area (Å²) in [6.45, 7) is 9.00. The highest BCUT2D eigenvalue weighted by Gasteiger charge is 1.94. The van der Waals surface area contributed by atoms with E-state index >= 15 is 0 Å². The number of hydrogen-bond acceptors (Lipinski definition) is 3. The van der Waals surface area contributed by atoms with Gasteiger partial charge in [0.2, 0.25) is 0 Å². The third-order valence-corrected chi connectivity index (χ3v) is 2.31. The van der Waals surface area contributed by atoms with Gasteiger partial charge < -0.3 is 14.8 Å². The van der Waals surface area contributed by atoms with Crippen LogP contribution in [0.3, 0.4) is 0 Å². The van der Waals surface area contributed by atoms with E-state index in [0.717, 1.165) is 12.2 Å². The highest BCUT2D eigenvalue weighted by atomic mass is 16.5. The molecule has 0 fully saturated rings. The van der Waals surface area contributed by atoms with Crippen LogP contribution < -0.4 is 5.32 Å². The average Bonchev–Trinajstić information content (AvgIpc) is 2.30. The molecule has 0 aliphatic carbocycles. The van der Waals surface area contributed by atoms with E-state index in [4.69, 9.17) is 9.47 Å². The molecule has 0 saturated heterocycles. The Morgan fingerprint density at radius 1 is 1.06 bits per heavy atom. The summed E-state index contributed by atoms with van der Waals surface area (Å²) in [6, 6.07) is 8.35. The zero-order chi connectivity index (χ0) is 12.5. The molecule has 0 radical (unpaired) electrons. The van der Waals surface area contributed by atoms with E-state index in [1.165, 1.54) is 5.56 Å². The summed E-state index contributed by atoms with van der Waals surface area (Å²) in [5.41, 5.74) is 2.41. The van der Waals surface area contributed by atoms with Crippen LogP contribution in [0.15, 0.2) is 24.3 Å². The summed E-state index contributed by atoms with van der Waals surface area (Å²) in [5, 5.41) is 3.31. The molecule has 0 aromatic heterocycles. The van der Waals surface area contributed by atoms with Gasteiger partial charge in [0, 0.05) is 12.2 Å². The number of nitrogens with one attached hydrogen (secondary N) is 1. The fourth-order valence-corrected chi connectivity index (χ4v) is 1.38. The van der Waals surface area contributed by atoms with Gasteiger partial charge in [-0.15, -0.1) is 0 Å². The van der Waals surface area contributed by atoms with Crippen molar-refractivity contribution in [3.63, 3.8) is 0 Å². The Bertz CT molecular complexity index is 296. The van der Waals surface area contributed by atoms with Gasteiger partial charge in [-0.05, 0) is 32.9 Å². The van der Waals surface area contributed by atoms with Crippen molar-refractivity contribution < 1.29 is 9.47 Å². The summed E-state index contributed by atoms with van der Waals surface area (Å²) in [5.74, 6) is 0. The van der Waals surface area contributed by atoms with Crippen molar-refractivity contribution in [1.82, 2.24) is 0 Å². The number of rotatable bonds is 8. The molecule has 3 heteroatoms. The van der Waals surface area contributed by atoms with Crippen molar-refractivity contribution in [1.29, 1.82) is 0 Å². The van der Waals surface area contributed by atoms with Crippen molar-refractivity contribution in [2.75, 3.05) is 31.7 Å². The maximum atomic E-state index is 5.44. The van der Waals surface area contributed by atoms with Crippen LogP contribution in [0.2, 0.25) is 0 Å². The minimum absolute atomic E-state index is 0.282. The van der Waals surface area contributed by atoms with E-state index < -0.39 is 0 Å². The summed E-state index contributed by atoms with van der Waals surface area (Å²) in [4.78, 5) is 0. The van der Waals surface area contributed by atoms with Crippen LogP contribution in [-0.2, 0) is 9.47 Å². The first-order valence-electron chi connectivity index (χ1n) is 6.18. The van der Waals surface area contributed by atoms with Crippen LogP contribution in [-0.4, -0.2) is 32.5 Å². The predicted molar refractivity (Wildman–Crippen MR) is 71.6 cm³/mol. The number of hydrogen-bond donors (Lipinski definition) is 1. The fraction of sp³-hybridized carbons (Fsp3) is 0.571. The molecule has 1 aromatic rings. The molecule has 0 bridgehead atoms. The maximum absolute atomic E-state index is 5.44. The normalized spacial score (nSPS) is 10.8. The summed E-state index contributed by atoms with van der Waals surface area (Å²) < 4.78 is 10.8. The molecule has 1 rings (SSSR count). The molecule has 0 spiro atoms. The first-order valence-corrected chi connectivity index (χ1v) is 6.18. The minimum atomic E-state index is 0.282. The predicted octanol–water partition coefficient (Wildman–Crippen LogP) is 2.85. The average molecular weight is 237 g/mol. The molecule has 0 amide bonds. The SMILES string of the molecule is Cc1ccc(NCCOCCOC(C)C)cc1. The lowest BCUT2D eigenvalue weighted by molar-refractivity contribution is 0.0222. The van der Waals surface area contributed by atoms with E-state index in [2.05, 4.69) is 36.5 Å². The molecule has 96 valence electrons. The monoisotopic (exact) mass is 237 g/mol. The van der Waals surface area contributed by atoms with Crippen LogP contribution in [0.25, 0.3) is 0 Å². The van der Waals surface area contributed by atoms with Gasteiger partial charge in [-0.1, -0.05) is 17.7 Å². The summed E-state index contributed by atoms with van der Waals surface area (Å²) >= 11 is 0. The highest BCUT2D eigenvalue weighted by molar-refractivity contribution is 5.44. The van der Waals surface area contributed by atoms with Crippen molar-refractivity contribution in [2.45, 2.75) is 26.9 Å². The molecule has 1 aromatic carbocycles. The van der Waals surface area contributed by atoms with Gasteiger partial charge in [-0.25, -0.2) is 0 Å². The van der Waals surface area contributed by atoms with Crippen molar-refractivity contribution in [2.24, 2.45) is 0 Å². The van der Waals surface area contributed by atoms with E-state index in [-0.39, 0.29) is 6.10 Å². The van der Waals surface area contributed by atoms with Crippen LogP contribution in [0.4, 0.5) is 5.69 Å². The van der Waals surface area contributed by atoms with Gasteiger partial charge in [-0.2, -0.15) is 0 Å². The van der Waals surface area contributed by atoms with Gasteiger partial charge in [-0.3, -0.25) is 0 Å². The van der Waals surface area contributed by atoms with Crippen molar-refractivity contribution >= 4 is 5.69 Å². The zero-order valence-corrected chi connectivity index (χ0v) is 11.0. The van der Waals surface area contributed by atoms with E-state index in [0.29, 0.717) is 19.8 Å². The lowest BCUT2D eigenvalue weighted by Gasteiger charge is -2.09. The summed E-state index contributed by atoms with van der Waals surface area (Å²) in [6.07, 6.45) is 0.282. The van der Waals surface area contributed by atoms with Crippen LogP contribution in [0.5, 0.6) is 0 Å². The molecule has 3 nitrogen and oxygen atoms in total. The topological polar surface area (TPSA) is 30.5 Å². The Morgan fingerprint density at radius 2 is 1.76 bits per heavy atom. The quantitative estimate of drug-likeness (QED) is 0.705. The Kier molecular flexibility index (Phi) is 6.67. The molecule has 0 saturated carbocycles. The van der Waals surface area contributed by atoms with Gasteiger partial charge in [0.25, 0.3) is 0 Å². The second-order valence-corrected chi connectivity index (χ2v) is 4.32. The van der Waals surface area contributed by atoms with Gasteiger partial charge >= 0.3 is 0 Å². The smallest absolute Gasteiger partial charge is 0.0703 e. The molecule has 0 unspecified atom stereocenters. The van der Waals surface area contributed by atoms with Gasteiger partial charge in [0.15, 0.2) is 0 Å². The Labute approximate surface area is 104 Å². The van der Waals surface area contributed by atoms with Crippen molar-refractivity contribution in [3.8, 4) is 0 Å². The second kappa shape index (κ2) is 8.09. The van der Waals surface area contributed by atoms with Gasteiger partial charge in [0.1, 0.15) is 0 Å². The van der Waals surface area contributed by atoms with Crippen LogP contribution in [0.1, 0.15) is 19.4 Å². The first kappa shape index (κ1) is 14.0. The first-order chi connectivity index (χ1) is 8.18. The number of benzene rings is 1. The molecule has 0 atom stereocenters. The number of aryl methyl sites for hydroxylation is 1. The van der Waals surface area contributed by atoms with Crippen LogP contribution >= 0.6 is 0 Å². The minimum Gasteiger partial charge on any atom is -0.383 e. The van der Waals surface area contributed by atoms with Gasteiger partial charge in [0.05, 0.1) is 25.9 Å². The third kappa shape index (κ3) is 6.97. The molecule has 0 aliphatic heterocycles. The van der Waals surface area contributed by atoms with E-state index in [1.807, 2.05) is 13.8 Å². The zero-order valence-electron chi connectivity index (χ0n) is 11.0. The lowest BCUT2D eigenvalue weighted by atomic mass is 10.2. The van der Waals surface area contributed by atoms with Crippen LogP contribution in [0, 0.1) is 6.92 Å². The lowest BCUT2D eigenvalue weighted by Crippen LogP contribution is -2.14. The molecular formula is C14H23NO2. The van der Waals surface area contributed by atoms with E-state index in [1.54, 1.807) is 0 Å². The Hall–Kier alpha value is -1.06. The van der Waals surface area contributed by atoms with Crippen molar-refractivity contribution in [3.05, 3.63) is 29.8 Å². The highest BCUT2D eigenvalue weighted by Crippen LogP contribution is 2.07. The van der Waals surface area contributed by atoms with E-state index in [9.17, 15) is 0 Å². The number of anilines is 1. The molecule has 17 heavy (non-hydrogen) atoms. The summed E-state index contributed by atoms with van der Waals surface area (Å²) in [7, 11) is 0. The number of ether oxygens (including phenoxy) is 2.